The summed E-state index contributed by atoms with van der Waals surface area (Å²) in [5, 5.41) is 2.03. The summed E-state index contributed by atoms with van der Waals surface area (Å²) in [5.41, 5.74) is 2.77. The van der Waals surface area contributed by atoms with Crippen LogP contribution in [0.15, 0.2) is 47.8 Å². The number of methoxy groups -OCH3 is 4. The normalized spacial score (nSPS) is 15.2. The number of carbonyl (C=O) groups excluding carboxylic acids is 1. The van der Waals surface area contributed by atoms with Gasteiger partial charge in [0.1, 0.15) is 0 Å². The fourth-order valence-electron chi connectivity index (χ4n) is 4.05. The Balaban J connectivity index is 1.79. The summed E-state index contributed by atoms with van der Waals surface area (Å²) < 4.78 is 21.8. The number of ether oxygens (including phenoxy) is 4. The summed E-state index contributed by atoms with van der Waals surface area (Å²) in [6, 6.07) is 13.2. The van der Waals surface area contributed by atoms with Gasteiger partial charge in [-0.2, -0.15) is 0 Å². The molecule has 0 saturated heterocycles. The molecule has 1 aliphatic heterocycles. The smallest absolute Gasteiger partial charge is 0.254 e. The molecule has 7 heteroatoms. The van der Waals surface area contributed by atoms with Crippen molar-refractivity contribution in [3.8, 4) is 23.0 Å². The molecule has 0 spiro atoms. The first kappa shape index (κ1) is 21.1. The molecule has 3 aromatic rings. The second kappa shape index (κ2) is 8.89. The third-order valence-corrected chi connectivity index (χ3v) is 6.50. The lowest BCUT2D eigenvalue weighted by Gasteiger charge is -2.37. The molecule has 0 fully saturated rings. The van der Waals surface area contributed by atoms with Gasteiger partial charge in [-0.1, -0.05) is 6.07 Å². The minimum atomic E-state index is -0.204. The number of rotatable bonds is 6. The quantitative estimate of drug-likeness (QED) is 0.563. The van der Waals surface area contributed by atoms with Crippen molar-refractivity contribution < 1.29 is 23.7 Å². The molecule has 0 radical (unpaired) electrons. The SMILES string of the molecule is COc1ccc(C(=O)N2CCc3cc(OC)c(OC)cc3[C@H]2c2cccs2)cc1OC. The number of amides is 1. The third-order valence-electron chi connectivity index (χ3n) is 5.58. The van der Waals surface area contributed by atoms with Crippen molar-refractivity contribution in [1.29, 1.82) is 0 Å². The van der Waals surface area contributed by atoms with Gasteiger partial charge in [-0.25, -0.2) is 0 Å². The molecule has 0 unspecified atom stereocenters. The molecule has 0 aliphatic carbocycles. The van der Waals surface area contributed by atoms with Crippen LogP contribution in [0.1, 0.15) is 32.4 Å². The Hall–Kier alpha value is -3.19. The number of carbonyl (C=O) groups is 1. The molecule has 162 valence electrons. The van der Waals surface area contributed by atoms with Crippen LogP contribution in [0.3, 0.4) is 0 Å². The molecule has 1 amide bonds. The lowest BCUT2D eigenvalue weighted by Crippen LogP contribution is -2.40. The van der Waals surface area contributed by atoms with Crippen LogP contribution in [0.2, 0.25) is 0 Å². The van der Waals surface area contributed by atoms with Gasteiger partial charge in [-0.15, -0.1) is 11.3 Å². The van der Waals surface area contributed by atoms with Crippen LogP contribution in [-0.2, 0) is 6.42 Å². The van der Waals surface area contributed by atoms with Crippen molar-refractivity contribution in [2.75, 3.05) is 35.0 Å². The lowest BCUT2D eigenvalue weighted by atomic mass is 9.90. The summed E-state index contributed by atoms with van der Waals surface area (Å²) in [7, 11) is 6.41. The summed E-state index contributed by atoms with van der Waals surface area (Å²) in [4.78, 5) is 16.7. The highest BCUT2D eigenvalue weighted by Gasteiger charge is 2.34. The first-order valence-electron chi connectivity index (χ1n) is 9.92. The number of hydrogen-bond acceptors (Lipinski definition) is 6. The molecule has 0 saturated carbocycles. The van der Waals surface area contributed by atoms with Crippen LogP contribution in [0, 0.1) is 0 Å². The molecule has 6 nitrogen and oxygen atoms in total. The van der Waals surface area contributed by atoms with Crippen molar-refractivity contribution in [3.63, 3.8) is 0 Å². The van der Waals surface area contributed by atoms with Crippen molar-refractivity contribution >= 4 is 17.2 Å². The van der Waals surface area contributed by atoms with Crippen LogP contribution in [0.5, 0.6) is 23.0 Å². The van der Waals surface area contributed by atoms with E-state index in [1.165, 1.54) is 0 Å². The van der Waals surface area contributed by atoms with Gasteiger partial charge in [0, 0.05) is 17.0 Å². The number of benzene rings is 2. The van der Waals surface area contributed by atoms with Gasteiger partial charge < -0.3 is 23.8 Å². The van der Waals surface area contributed by atoms with E-state index in [4.69, 9.17) is 18.9 Å². The molecule has 1 atom stereocenters. The fourth-order valence-corrected chi connectivity index (χ4v) is 4.91. The average molecular weight is 440 g/mol. The lowest BCUT2D eigenvalue weighted by molar-refractivity contribution is 0.0696. The van der Waals surface area contributed by atoms with E-state index >= 15 is 0 Å². The van der Waals surface area contributed by atoms with Gasteiger partial charge in [0.05, 0.1) is 34.5 Å². The van der Waals surface area contributed by atoms with Gasteiger partial charge in [0.15, 0.2) is 23.0 Å². The number of nitrogens with zero attached hydrogens (tertiary/aromatic N) is 1. The van der Waals surface area contributed by atoms with Crippen LogP contribution in [0.4, 0.5) is 0 Å². The summed E-state index contributed by atoms with van der Waals surface area (Å²) >= 11 is 1.64. The van der Waals surface area contributed by atoms with E-state index < -0.39 is 0 Å². The average Bonchev–Trinajstić information content (AvgIpc) is 3.35. The largest absolute Gasteiger partial charge is 0.493 e. The van der Waals surface area contributed by atoms with E-state index in [-0.39, 0.29) is 11.9 Å². The highest BCUT2D eigenvalue weighted by molar-refractivity contribution is 7.10. The Labute approximate surface area is 185 Å². The maximum Gasteiger partial charge on any atom is 0.254 e. The molecule has 0 N–H and O–H groups in total. The van der Waals surface area contributed by atoms with E-state index in [1.807, 2.05) is 28.5 Å². The predicted octanol–water partition coefficient (Wildman–Crippen LogP) is 4.57. The predicted molar refractivity (Wildman–Crippen MR) is 120 cm³/mol. The molecule has 1 aliphatic rings. The van der Waals surface area contributed by atoms with E-state index in [0.29, 0.717) is 35.1 Å². The first-order valence-corrected chi connectivity index (χ1v) is 10.8. The Morgan fingerprint density at radius 2 is 1.58 bits per heavy atom. The van der Waals surface area contributed by atoms with Crippen molar-refractivity contribution in [2.45, 2.75) is 12.5 Å². The van der Waals surface area contributed by atoms with E-state index in [9.17, 15) is 4.79 Å². The van der Waals surface area contributed by atoms with Crippen molar-refractivity contribution in [2.24, 2.45) is 0 Å². The summed E-state index contributed by atoms with van der Waals surface area (Å²) in [6.45, 7) is 0.595. The summed E-state index contributed by atoms with van der Waals surface area (Å²) in [5.74, 6) is 2.42. The van der Waals surface area contributed by atoms with Crippen LogP contribution in [0.25, 0.3) is 0 Å². The molecule has 0 bridgehead atoms. The minimum Gasteiger partial charge on any atom is -0.493 e. The molecule has 2 heterocycles. The molecule has 4 rings (SSSR count). The second-order valence-electron chi connectivity index (χ2n) is 7.14. The molecule has 31 heavy (non-hydrogen) atoms. The Bertz CT molecular complexity index is 1080. The maximum atomic E-state index is 13.6. The monoisotopic (exact) mass is 439 g/mol. The van der Waals surface area contributed by atoms with E-state index in [0.717, 1.165) is 22.4 Å². The van der Waals surface area contributed by atoms with E-state index in [1.54, 1.807) is 58.0 Å². The topological polar surface area (TPSA) is 57.2 Å². The van der Waals surface area contributed by atoms with Crippen LogP contribution < -0.4 is 18.9 Å². The van der Waals surface area contributed by atoms with Gasteiger partial charge in [-0.3, -0.25) is 4.79 Å². The van der Waals surface area contributed by atoms with Gasteiger partial charge >= 0.3 is 0 Å². The van der Waals surface area contributed by atoms with Crippen LogP contribution in [-0.4, -0.2) is 45.8 Å². The van der Waals surface area contributed by atoms with Crippen molar-refractivity contribution in [1.82, 2.24) is 4.90 Å². The molecular formula is C24H25NO5S. The molecule has 2 aromatic carbocycles. The maximum absolute atomic E-state index is 13.6. The second-order valence-corrected chi connectivity index (χ2v) is 8.12. The zero-order valence-corrected chi connectivity index (χ0v) is 18.8. The number of fused-ring (bicyclic) bond motifs is 1. The highest BCUT2D eigenvalue weighted by Crippen LogP contribution is 2.43. The fraction of sp³-hybridized carbons (Fsp3) is 0.292. The standard InChI is InChI=1S/C24H25NO5S/c1-27-18-8-7-16(13-19(18)28-2)24(26)25-10-9-15-12-20(29-3)21(30-4)14-17(15)23(25)22-6-5-11-31-22/h5-8,11-14,23H,9-10H2,1-4H3/t23-/m0/s1. The first-order chi connectivity index (χ1) is 15.1. The van der Waals surface area contributed by atoms with Crippen LogP contribution >= 0.6 is 11.3 Å². The Kier molecular flexibility index (Phi) is 6.04. The number of hydrogen-bond donors (Lipinski definition) is 0. The van der Waals surface area contributed by atoms with Gasteiger partial charge in [0.2, 0.25) is 0 Å². The minimum absolute atomic E-state index is 0.0558. The molecule has 1 aromatic heterocycles. The zero-order valence-electron chi connectivity index (χ0n) is 18.0. The molecular weight excluding hydrogens is 414 g/mol. The highest BCUT2D eigenvalue weighted by atomic mass is 32.1. The number of thiophene rings is 1. The Morgan fingerprint density at radius 3 is 2.23 bits per heavy atom. The summed E-state index contributed by atoms with van der Waals surface area (Å²) in [6.07, 6.45) is 0.733. The zero-order chi connectivity index (χ0) is 22.0. The van der Waals surface area contributed by atoms with Gasteiger partial charge in [0.25, 0.3) is 5.91 Å². The van der Waals surface area contributed by atoms with E-state index in [2.05, 4.69) is 6.07 Å². The van der Waals surface area contributed by atoms with Crippen molar-refractivity contribution in [3.05, 3.63) is 69.4 Å². The third kappa shape index (κ3) is 3.81. The van der Waals surface area contributed by atoms with Gasteiger partial charge in [-0.05, 0) is 59.3 Å². The Morgan fingerprint density at radius 1 is 0.903 bits per heavy atom.